The van der Waals surface area contributed by atoms with Gasteiger partial charge < -0.3 is 14.4 Å². The number of amides is 1. The summed E-state index contributed by atoms with van der Waals surface area (Å²) in [5.41, 5.74) is 0. The van der Waals surface area contributed by atoms with Gasteiger partial charge in [-0.3, -0.25) is 4.79 Å². The number of piperidine rings is 1. The highest BCUT2D eigenvalue weighted by molar-refractivity contribution is 6.32. The Hall–Kier alpha value is -1.89. The van der Waals surface area contributed by atoms with Crippen LogP contribution in [0.1, 0.15) is 19.8 Å². The van der Waals surface area contributed by atoms with Crippen molar-refractivity contribution in [1.82, 2.24) is 14.9 Å². The fourth-order valence-corrected chi connectivity index (χ4v) is 2.15. The normalized spacial score (nSPS) is 18.2. The van der Waals surface area contributed by atoms with Gasteiger partial charge in [-0.05, 0) is 19.8 Å². The molecule has 0 saturated carbocycles. The molecule has 2 heterocycles. The maximum atomic E-state index is 11.9. The highest BCUT2D eigenvalue weighted by Crippen LogP contribution is 2.16. The Morgan fingerprint density at radius 3 is 2.81 bits per heavy atom. The highest BCUT2D eigenvalue weighted by atomic mass is 35.5. The number of ether oxygens (including phenoxy) is 2. The van der Waals surface area contributed by atoms with Gasteiger partial charge in [0.1, 0.15) is 6.10 Å². The Kier molecular flexibility index (Phi) is 5.32. The Balaban J connectivity index is 1.92. The number of hydrogen-bond acceptors (Lipinski definition) is 6. The van der Waals surface area contributed by atoms with Crippen LogP contribution in [-0.2, 0) is 14.3 Å². The van der Waals surface area contributed by atoms with Crippen LogP contribution in [0.3, 0.4) is 0 Å². The zero-order valence-corrected chi connectivity index (χ0v) is 12.4. The van der Waals surface area contributed by atoms with Crippen LogP contribution in [0.5, 0.6) is 6.01 Å². The van der Waals surface area contributed by atoms with Crippen molar-refractivity contribution in [1.29, 1.82) is 0 Å². The van der Waals surface area contributed by atoms with Crippen LogP contribution in [0.2, 0.25) is 5.02 Å². The maximum absolute atomic E-state index is 11.9. The standard InChI is InChI=1S/C13H16ClN3O4/c1-2-20-12(19)11(18)17-5-3-4-10(8-17)21-13-15-6-9(14)7-16-13/h6-7,10H,2-5,8H2,1H3. The summed E-state index contributed by atoms with van der Waals surface area (Å²) in [7, 11) is 0. The number of halogens is 1. The average Bonchev–Trinajstić information content (AvgIpc) is 2.49. The third-order valence-corrected chi connectivity index (χ3v) is 3.18. The van der Waals surface area contributed by atoms with E-state index in [4.69, 9.17) is 21.1 Å². The van der Waals surface area contributed by atoms with Crippen LogP contribution in [-0.4, -0.2) is 52.5 Å². The van der Waals surface area contributed by atoms with Crippen LogP contribution >= 0.6 is 11.6 Å². The van der Waals surface area contributed by atoms with Crippen molar-refractivity contribution >= 4 is 23.5 Å². The van der Waals surface area contributed by atoms with Gasteiger partial charge in [0.2, 0.25) is 0 Å². The summed E-state index contributed by atoms with van der Waals surface area (Å²) in [4.78, 5) is 32.7. The zero-order valence-electron chi connectivity index (χ0n) is 11.6. The second kappa shape index (κ2) is 7.21. The Morgan fingerprint density at radius 2 is 2.14 bits per heavy atom. The second-order valence-corrected chi connectivity index (χ2v) is 4.97. The second-order valence-electron chi connectivity index (χ2n) is 4.54. The fourth-order valence-electron chi connectivity index (χ4n) is 2.05. The summed E-state index contributed by atoms with van der Waals surface area (Å²) in [5, 5.41) is 0.421. The highest BCUT2D eigenvalue weighted by Gasteiger charge is 2.29. The lowest BCUT2D eigenvalue weighted by atomic mass is 10.1. The smallest absolute Gasteiger partial charge is 0.397 e. The first-order chi connectivity index (χ1) is 10.1. The van der Waals surface area contributed by atoms with Gasteiger partial charge in [0.25, 0.3) is 0 Å². The van der Waals surface area contributed by atoms with Crippen LogP contribution < -0.4 is 4.74 Å². The molecule has 7 nitrogen and oxygen atoms in total. The van der Waals surface area contributed by atoms with E-state index in [0.29, 0.717) is 18.1 Å². The molecule has 1 aliphatic rings. The summed E-state index contributed by atoms with van der Waals surface area (Å²) in [6.45, 7) is 2.66. The van der Waals surface area contributed by atoms with E-state index in [0.717, 1.165) is 12.8 Å². The molecule has 8 heteroatoms. The third kappa shape index (κ3) is 4.29. The summed E-state index contributed by atoms with van der Waals surface area (Å²) in [5.74, 6) is -1.47. The van der Waals surface area contributed by atoms with E-state index in [-0.39, 0.29) is 18.7 Å². The lowest BCUT2D eigenvalue weighted by molar-refractivity contribution is -0.161. The molecule has 0 N–H and O–H groups in total. The number of esters is 1. The molecule has 0 radical (unpaired) electrons. The van der Waals surface area contributed by atoms with Gasteiger partial charge in [-0.2, -0.15) is 0 Å². The molecule has 114 valence electrons. The molecule has 2 rings (SSSR count). The quantitative estimate of drug-likeness (QED) is 0.613. The van der Waals surface area contributed by atoms with E-state index in [9.17, 15) is 9.59 Å². The molecule has 1 aliphatic heterocycles. The van der Waals surface area contributed by atoms with Gasteiger partial charge in [0, 0.05) is 6.54 Å². The molecule has 1 fully saturated rings. The molecule has 1 atom stereocenters. The van der Waals surface area contributed by atoms with Crippen LogP contribution in [0, 0.1) is 0 Å². The van der Waals surface area contributed by atoms with Crippen molar-refractivity contribution in [2.24, 2.45) is 0 Å². The molecule has 0 spiro atoms. The van der Waals surface area contributed by atoms with Crippen molar-refractivity contribution in [3.8, 4) is 6.01 Å². The van der Waals surface area contributed by atoms with Gasteiger partial charge >= 0.3 is 17.9 Å². The predicted molar refractivity (Wildman–Crippen MR) is 73.9 cm³/mol. The van der Waals surface area contributed by atoms with Gasteiger partial charge in [-0.15, -0.1) is 0 Å². The van der Waals surface area contributed by atoms with E-state index < -0.39 is 11.9 Å². The van der Waals surface area contributed by atoms with E-state index in [2.05, 4.69) is 9.97 Å². The van der Waals surface area contributed by atoms with Crippen LogP contribution in [0.15, 0.2) is 12.4 Å². The molecule has 1 amide bonds. The maximum Gasteiger partial charge on any atom is 0.397 e. The lowest BCUT2D eigenvalue weighted by Crippen LogP contribution is -2.47. The van der Waals surface area contributed by atoms with E-state index >= 15 is 0 Å². The number of likely N-dealkylation sites (tertiary alicyclic amines) is 1. The molecule has 0 aromatic carbocycles. The number of aromatic nitrogens is 2. The zero-order chi connectivity index (χ0) is 15.2. The van der Waals surface area contributed by atoms with Crippen molar-refractivity contribution in [3.63, 3.8) is 0 Å². The Bertz CT molecular complexity index is 509. The number of carbonyl (C=O) groups excluding carboxylic acids is 2. The number of nitrogens with zero attached hydrogens (tertiary/aromatic N) is 3. The minimum atomic E-state index is -0.833. The number of carbonyl (C=O) groups is 2. The largest absolute Gasteiger partial charge is 0.459 e. The number of hydrogen-bond donors (Lipinski definition) is 0. The molecule has 21 heavy (non-hydrogen) atoms. The SMILES string of the molecule is CCOC(=O)C(=O)N1CCCC(Oc2ncc(Cl)cn2)C1. The summed E-state index contributed by atoms with van der Waals surface area (Å²) < 4.78 is 10.3. The monoisotopic (exact) mass is 313 g/mol. The Morgan fingerprint density at radius 1 is 1.43 bits per heavy atom. The van der Waals surface area contributed by atoms with Crippen LogP contribution in [0.25, 0.3) is 0 Å². The average molecular weight is 314 g/mol. The van der Waals surface area contributed by atoms with Crippen molar-refractivity contribution < 1.29 is 19.1 Å². The lowest BCUT2D eigenvalue weighted by Gasteiger charge is -2.31. The molecular formula is C13H16ClN3O4. The molecule has 1 unspecified atom stereocenters. The number of rotatable bonds is 3. The molecular weight excluding hydrogens is 298 g/mol. The van der Waals surface area contributed by atoms with Crippen molar-refractivity contribution in [2.45, 2.75) is 25.9 Å². The molecule has 0 aliphatic carbocycles. The summed E-state index contributed by atoms with van der Waals surface area (Å²) >= 11 is 5.70. The van der Waals surface area contributed by atoms with Gasteiger partial charge in [-0.1, -0.05) is 11.6 Å². The third-order valence-electron chi connectivity index (χ3n) is 2.98. The molecule has 0 bridgehead atoms. The molecule has 1 aromatic heterocycles. The summed E-state index contributed by atoms with van der Waals surface area (Å²) in [6, 6.07) is 0.204. The first-order valence-corrected chi connectivity index (χ1v) is 7.08. The molecule has 1 saturated heterocycles. The van der Waals surface area contributed by atoms with Gasteiger partial charge in [0.15, 0.2) is 0 Å². The van der Waals surface area contributed by atoms with Crippen molar-refractivity contribution in [3.05, 3.63) is 17.4 Å². The minimum Gasteiger partial charge on any atom is -0.459 e. The summed E-state index contributed by atoms with van der Waals surface area (Å²) in [6.07, 6.45) is 4.13. The topological polar surface area (TPSA) is 81.6 Å². The van der Waals surface area contributed by atoms with E-state index in [1.807, 2.05) is 0 Å². The first kappa shape index (κ1) is 15.5. The Labute approximate surface area is 127 Å². The predicted octanol–water partition coefficient (Wildman–Crippen LogP) is 1.06. The minimum absolute atomic E-state index is 0.178. The van der Waals surface area contributed by atoms with Gasteiger partial charge in [0.05, 0.1) is 30.6 Å². The van der Waals surface area contributed by atoms with E-state index in [1.54, 1.807) is 6.92 Å². The van der Waals surface area contributed by atoms with Crippen LogP contribution in [0.4, 0.5) is 0 Å². The van der Waals surface area contributed by atoms with Crippen molar-refractivity contribution in [2.75, 3.05) is 19.7 Å². The molecule has 1 aromatic rings. The first-order valence-electron chi connectivity index (χ1n) is 6.70. The van der Waals surface area contributed by atoms with E-state index in [1.165, 1.54) is 17.3 Å². The fraction of sp³-hybridized carbons (Fsp3) is 0.538. The van der Waals surface area contributed by atoms with Gasteiger partial charge in [-0.25, -0.2) is 14.8 Å².